The minimum atomic E-state index is 0.807. The Labute approximate surface area is 120 Å². The lowest BCUT2D eigenvalue weighted by Gasteiger charge is -2.25. The highest BCUT2D eigenvalue weighted by Crippen LogP contribution is 2.25. The second-order valence-electron chi connectivity index (χ2n) is 5.98. The summed E-state index contributed by atoms with van der Waals surface area (Å²) in [6.07, 6.45) is 6.35. The van der Waals surface area contributed by atoms with E-state index in [0.717, 1.165) is 25.7 Å². The second-order valence-corrected chi connectivity index (χ2v) is 7.33. The van der Waals surface area contributed by atoms with Gasteiger partial charge in [0, 0.05) is 42.0 Å². The van der Waals surface area contributed by atoms with E-state index in [1.807, 2.05) is 11.3 Å². The normalized spacial score (nSPS) is 20.6. The third-order valence-electron chi connectivity index (χ3n) is 4.13. The van der Waals surface area contributed by atoms with E-state index in [4.69, 9.17) is 0 Å². The van der Waals surface area contributed by atoms with Crippen molar-refractivity contribution in [2.24, 2.45) is 0 Å². The van der Waals surface area contributed by atoms with Crippen LogP contribution in [0.2, 0.25) is 0 Å². The fourth-order valence-corrected chi connectivity index (χ4v) is 3.57. The van der Waals surface area contributed by atoms with Crippen LogP contribution < -0.4 is 5.32 Å². The summed E-state index contributed by atoms with van der Waals surface area (Å²) in [5.41, 5.74) is 3.08. The standard InChI is InChI=1S/C16H24N2S/c1-12-5-7-18(8-6-12)11-14-9-16(19-13(14)2)10-17-15-3-4-15/h5,9,15,17H,3-4,6-8,10-11H2,1-2H3. The van der Waals surface area contributed by atoms with Crippen LogP contribution in [-0.2, 0) is 13.1 Å². The summed E-state index contributed by atoms with van der Waals surface area (Å²) in [7, 11) is 0. The Hall–Kier alpha value is -0.640. The molecule has 1 aliphatic carbocycles. The van der Waals surface area contributed by atoms with Crippen LogP contribution in [0.15, 0.2) is 17.7 Å². The van der Waals surface area contributed by atoms with E-state index in [1.165, 1.54) is 41.1 Å². The van der Waals surface area contributed by atoms with Crippen LogP contribution in [0.4, 0.5) is 0 Å². The molecular formula is C16H24N2S. The Morgan fingerprint density at radius 2 is 2.21 bits per heavy atom. The van der Waals surface area contributed by atoms with E-state index in [0.29, 0.717) is 0 Å². The van der Waals surface area contributed by atoms with Crippen LogP contribution in [0.5, 0.6) is 0 Å². The van der Waals surface area contributed by atoms with Crippen molar-refractivity contribution in [3.63, 3.8) is 0 Å². The van der Waals surface area contributed by atoms with Gasteiger partial charge in [0.2, 0.25) is 0 Å². The molecule has 1 aromatic rings. The van der Waals surface area contributed by atoms with Gasteiger partial charge in [0.05, 0.1) is 0 Å². The van der Waals surface area contributed by atoms with Gasteiger partial charge in [-0.3, -0.25) is 4.90 Å². The lowest BCUT2D eigenvalue weighted by Crippen LogP contribution is -2.27. The van der Waals surface area contributed by atoms with Crippen LogP contribution in [0.25, 0.3) is 0 Å². The van der Waals surface area contributed by atoms with Crippen molar-refractivity contribution >= 4 is 11.3 Å². The maximum Gasteiger partial charge on any atom is 0.0302 e. The molecule has 1 saturated carbocycles. The highest BCUT2D eigenvalue weighted by Gasteiger charge is 2.20. The van der Waals surface area contributed by atoms with Crippen LogP contribution in [0.1, 0.15) is 41.5 Å². The predicted molar refractivity (Wildman–Crippen MR) is 82.6 cm³/mol. The zero-order chi connectivity index (χ0) is 13.2. The lowest BCUT2D eigenvalue weighted by molar-refractivity contribution is 0.286. The highest BCUT2D eigenvalue weighted by molar-refractivity contribution is 7.12. The van der Waals surface area contributed by atoms with E-state index in [9.17, 15) is 0 Å². The summed E-state index contributed by atoms with van der Waals surface area (Å²) in [4.78, 5) is 5.56. The van der Waals surface area contributed by atoms with Crippen LogP contribution in [0, 0.1) is 6.92 Å². The molecule has 3 rings (SSSR count). The third kappa shape index (κ3) is 3.68. The van der Waals surface area contributed by atoms with Crippen molar-refractivity contribution in [2.75, 3.05) is 13.1 Å². The van der Waals surface area contributed by atoms with Gasteiger partial charge in [-0.1, -0.05) is 11.6 Å². The molecule has 0 atom stereocenters. The Morgan fingerprint density at radius 3 is 2.89 bits per heavy atom. The molecule has 0 bridgehead atoms. The largest absolute Gasteiger partial charge is 0.309 e. The minimum absolute atomic E-state index is 0.807. The van der Waals surface area contributed by atoms with Gasteiger partial charge >= 0.3 is 0 Å². The Bertz CT molecular complexity index is 471. The van der Waals surface area contributed by atoms with E-state index < -0.39 is 0 Å². The summed E-state index contributed by atoms with van der Waals surface area (Å²) in [6, 6.07) is 3.22. The summed E-state index contributed by atoms with van der Waals surface area (Å²) >= 11 is 1.97. The quantitative estimate of drug-likeness (QED) is 0.829. The van der Waals surface area contributed by atoms with Gasteiger partial charge in [0.1, 0.15) is 0 Å². The Morgan fingerprint density at radius 1 is 1.37 bits per heavy atom. The van der Waals surface area contributed by atoms with Crippen molar-refractivity contribution in [3.8, 4) is 0 Å². The molecule has 0 aromatic carbocycles. The molecular weight excluding hydrogens is 252 g/mol. The first-order chi connectivity index (χ1) is 9.20. The molecule has 3 heteroatoms. The molecule has 0 radical (unpaired) electrons. The van der Waals surface area contributed by atoms with Crippen molar-refractivity contribution in [2.45, 2.75) is 52.2 Å². The van der Waals surface area contributed by atoms with Crippen LogP contribution >= 0.6 is 11.3 Å². The average molecular weight is 276 g/mol. The number of nitrogens with one attached hydrogen (secondary N) is 1. The van der Waals surface area contributed by atoms with Gasteiger partial charge in [-0.05, 0) is 44.7 Å². The second kappa shape index (κ2) is 5.78. The average Bonchev–Trinajstić information content (AvgIpc) is 3.16. The number of aryl methyl sites for hydroxylation is 1. The molecule has 1 fully saturated rings. The van der Waals surface area contributed by atoms with Gasteiger partial charge in [0.25, 0.3) is 0 Å². The van der Waals surface area contributed by atoms with Gasteiger partial charge in [-0.15, -0.1) is 11.3 Å². The zero-order valence-corrected chi connectivity index (χ0v) is 12.9. The molecule has 104 valence electrons. The molecule has 0 spiro atoms. The minimum Gasteiger partial charge on any atom is -0.309 e. The van der Waals surface area contributed by atoms with Crippen molar-refractivity contribution in [1.29, 1.82) is 0 Å². The SMILES string of the molecule is CC1=CCN(Cc2cc(CNC3CC3)sc2C)CC1. The molecule has 1 aromatic heterocycles. The third-order valence-corrected chi connectivity index (χ3v) is 5.22. The number of hydrogen-bond acceptors (Lipinski definition) is 3. The molecule has 0 saturated heterocycles. The molecule has 2 heterocycles. The molecule has 1 aliphatic heterocycles. The Balaban J connectivity index is 1.57. The molecule has 1 N–H and O–H groups in total. The maximum atomic E-state index is 3.61. The molecule has 19 heavy (non-hydrogen) atoms. The fourth-order valence-electron chi connectivity index (χ4n) is 2.56. The molecule has 0 amide bonds. The van der Waals surface area contributed by atoms with Gasteiger partial charge in [-0.2, -0.15) is 0 Å². The smallest absolute Gasteiger partial charge is 0.0302 e. The number of rotatable bonds is 5. The first-order valence-electron chi connectivity index (χ1n) is 7.40. The highest BCUT2D eigenvalue weighted by atomic mass is 32.1. The number of thiophene rings is 1. The van der Waals surface area contributed by atoms with E-state index in [2.05, 4.69) is 36.2 Å². The first kappa shape index (κ1) is 13.3. The van der Waals surface area contributed by atoms with E-state index in [-0.39, 0.29) is 0 Å². The van der Waals surface area contributed by atoms with E-state index >= 15 is 0 Å². The zero-order valence-electron chi connectivity index (χ0n) is 12.0. The topological polar surface area (TPSA) is 15.3 Å². The fraction of sp³-hybridized carbons (Fsp3) is 0.625. The summed E-state index contributed by atoms with van der Waals surface area (Å²) in [6.45, 7) is 9.04. The monoisotopic (exact) mass is 276 g/mol. The van der Waals surface area contributed by atoms with Crippen molar-refractivity contribution in [1.82, 2.24) is 10.2 Å². The first-order valence-corrected chi connectivity index (χ1v) is 8.22. The Kier molecular flexibility index (Phi) is 4.06. The van der Waals surface area contributed by atoms with Crippen molar-refractivity contribution < 1.29 is 0 Å². The predicted octanol–water partition coefficient (Wildman–Crippen LogP) is 3.46. The van der Waals surface area contributed by atoms with Crippen LogP contribution in [-0.4, -0.2) is 24.0 Å². The summed E-state index contributed by atoms with van der Waals surface area (Å²) in [5, 5.41) is 3.61. The number of hydrogen-bond donors (Lipinski definition) is 1. The van der Waals surface area contributed by atoms with Gasteiger partial charge < -0.3 is 5.32 Å². The molecule has 2 nitrogen and oxygen atoms in total. The lowest BCUT2D eigenvalue weighted by atomic mass is 10.1. The summed E-state index contributed by atoms with van der Waals surface area (Å²) in [5.74, 6) is 0. The van der Waals surface area contributed by atoms with Gasteiger partial charge in [0.15, 0.2) is 0 Å². The molecule has 0 unspecified atom stereocenters. The van der Waals surface area contributed by atoms with Crippen LogP contribution in [0.3, 0.4) is 0 Å². The van der Waals surface area contributed by atoms with Gasteiger partial charge in [-0.25, -0.2) is 0 Å². The number of nitrogens with zero attached hydrogens (tertiary/aromatic N) is 1. The van der Waals surface area contributed by atoms with E-state index in [1.54, 1.807) is 5.57 Å². The summed E-state index contributed by atoms with van der Waals surface area (Å²) < 4.78 is 0. The molecule has 2 aliphatic rings. The van der Waals surface area contributed by atoms with Crippen molar-refractivity contribution in [3.05, 3.63) is 33.0 Å². The maximum absolute atomic E-state index is 3.61.